The third-order valence-corrected chi connectivity index (χ3v) is 8.83. The predicted molar refractivity (Wildman–Crippen MR) is 127 cm³/mol. The minimum absolute atomic E-state index is 1.22. The van der Waals surface area contributed by atoms with Crippen LogP contribution in [0.1, 0.15) is 49.3 Å². The number of unbranched alkanes of at least 4 members (excludes halogenated alkanes) is 2. The molecule has 0 amide bonds. The fraction of sp³-hybridized carbons (Fsp3) is 0.333. The molecule has 138 valence electrons. The van der Waals surface area contributed by atoms with Gasteiger partial charge in [-0.1, -0.05) is 26.7 Å². The van der Waals surface area contributed by atoms with Crippen molar-refractivity contribution in [3.8, 4) is 0 Å². The Bertz CT molecular complexity index is 1150. The van der Waals surface area contributed by atoms with Crippen LogP contribution in [0.3, 0.4) is 0 Å². The van der Waals surface area contributed by atoms with Crippen molar-refractivity contribution in [2.24, 2.45) is 0 Å². The van der Waals surface area contributed by atoms with Crippen molar-refractivity contribution in [3.63, 3.8) is 0 Å². The highest BCUT2D eigenvalue weighted by atomic mass is 32.1. The van der Waals surface area contributed by atoms with E-state index in [0.717, 1.165) is 0 Å². The van der Waals surface area contributed by atoms with Crippen molar-refractivity contribution in [2.75, 3.05) is 0 Å². The highest BCUT2D eigenvalue weighted by Gasteiger charge is 2.11. The quantitative estimate of drug-likeness (QED) is 0.263. The van der Waals surface area contributed by atoms with Crippen LogP contribution >= 0.6 is 34.0 Å². The van der Waals surface area contributed by atoms with Gasteiger partial charge >= 0.3 is 0 Å². The van der Waals surface area contributed by atoms with Crippen molar-refractivity contribution < 1.29 is 0 Å². The van der Waals surface area contributed by atoms with Crippen LogP contribution in [0, 0.1) is 0 Å². The topological polar surface area (TPSA) is 0 Å². The second kappa shape index (κ2) is 7.20. The maximum absolute atomic E-state index is 2.44. The zero-order valence-corrected chi connectivity index (χ0v) is 18.4. The number of hydrogen-bond donors (Lipinski definition) is 0. The molecule has 0 N–H and O–H groups in total. The average Bonchev–Trinajstić information content (AvgIpc) is 3.34. The van der Waals surface area contributed by atoms with Gasteiger partial charge in [-0.3, -0.25) is 0 Å². The summed E-state index contributed by atoms with van der Waals surface area (Å²) in [6.07, 6.45) is 7.57. The van der Waals surface area contributed by atoms with Crippen molar-refractivity contribution in [2.45, 2.75) is 52.4 Å². The van der Waals surface area contributed by atoms with Crippen molar-refractivity contribution >= 4 is 74.4 Å². The standard InChI is InChI=1S/C24H24S3/c1-3-5-7-17-9-15-11-19-20-12-16-10-18(8-6-4-2)26-22(16)14-24(20)27-23(19)13-21(15)25-17/h9-14H,3-8H2,1-2H3. The molecule has 5 rings (SSSR count). The van der Waals surface area contributed by atoms with E-state index in [1.54, 1.807) is 0 Å². The molecular weight excluding hydrogens is 384 g/mol. The Labute approximate surface area is 172 Å². The molecule has 0 aliphatic carbocycles. The first-order valence-electron chi connectivity index (χ1n) is 10.1. The van der Waals surface area contributed by atoms with Crippen LogP contribution in [0.15, 0.2) is 36.4 Å². The Morgan fingerprint density at radius 1 is 0.556 bits per heavy atom. The normalized spacial score (nSPS) is 12.2. The maximum Gasteiger partial charge on any atom is 0.0369 e. The van der Waals surface area contributed by atoms with E-state index in [2.05, 4.69) is 50.2 Å². The van der Waals surface area contributed by atoms with Crippen molar-refractivity contribution in [1.29, 1.82) is 0 Å². The molecule has 3 aromatic heterocycles. The van der Waals surface area contributed by atoms with Crippen molar-refractivity contribution in [3.05, 3.63) is 46.2 Å². The average molecular weight is 409 g/mol. The molecule has 2 aromatic carbocycles. The lowest BCUT2D eigenvalue weighted by atomic mass is 10.1. The highest BCUT2D eigenvalue weighted by Crippen LogP contribution is 2.41. The lowest BCUT2D eigenvalue weighted by molar-refractivity contribution is 0.804. The van der Waals surface area contributed by atoms with E-state index in [9.17, 15) is 0 Å². The van der Waals surface area contributed by atoms with Crippen LogP contribution in [0.5, 0.6) is 0 Å². The SMILES string of the molecule is CCCCc1cc2cc3c(cc2s1)sc1cc2sc(CCCC)cc2cc13. The first-order chi connectivity index (χ1) is 13.2. The zero-order valence-electron chi connectivity index (χ0n) is 15.9. The summed E-state index contributed by atoms with van der Waals surface area (Å²) in [5.41, 5.74) is 0. The third kappa shape index (κ3) is 3.20. The van der Waals surface area contributed by atoms with Crippen LogP contribution in [-0.2, 0) is 12.8 Å². The summed E-state index contributed by atoms with van der Waals surface area (Å²) in [4.78, 5) is 3.07. The van der Waals surface area contributed by atoms with E-state index in [0.29, 0.717) is 0 Å². The second-order valence-corrected chi connectivity index (χ2v) is 10.9. The highest BCUT2D eigenvalue weighted by molar-refractivity contribution is 7.27. The summed E-state index contributed by atoms with van der Waals surface area (Å²) in [5, 5.41) is 5.72. The Kier molecular flexibility index (Phi) is 4.71. The molecule has 0 saturated carbocycles. The molecule has 0 radical (unpaired) electrons. The van der Waals surface area contributed by atoms with Gasteiger partial charge in [-0.05, 0) is 72.9 Å². The van der Waals surface area contributed by atoms with Gasteiger partial charge in [0.2, 0.25) is 0 Å². The minimum Gasteiger partial charge on any atom is -0.140 e. The van der Waals surface area contributed by atoms with Crippen LogP contribution in [-0.4, -0.2) is 0 Å². The molecule has 0 spiro atoms. The summed E-state index contributed by atoms with van der Waals surface area (Å²) in [6.45, 7) is 4.54. The Morgan fingerprint density at radius 3 is 1.48 bits per heavy atom. The summed E-state index contributed by atoms with van der Waals surface area (Å²) in [5.74, 6) is 0. The molecule has 0 bridgehead atoms. The number of rotatable bonds is 6. The van der Waals surface area contributed by atoms with E-state index in [1.807, 2.05) is 34.0 Å². The fourth-order valence-corrected chi connectivity index (χ4v) is 7.46. The molecule has 5 aromatic rings. The first-order valence-corrected chi connectivity index (χ1v) is 12.5. The molecule has 0 unspecified atom stereocenters. The van der Waals surface area contributed by atoms with E-state index >= 15 is 0 Å². The molecule has 0 saturated heterocycles. The molecule has 0 aliphatic heterocycles. The van der Waals surface area contributed by atoms with Gasteiger partial charge < -0.3 is 0 Å². The molecule has 3 heteroatoms. The van der Waals surface area contributed by atoms with E-state index in [-0.39, 0.29) is 0 Å². The number of thiophene rings is 3. The molecule has 0 atom stereocenters. The van der Waals surface area contributed by atoms with Gasteiger partial charge in [-0.25, -0.2) is 0 Å². The minimum atomic E-state index is 1.22. The van der Waals surface area contributed by atoms with E-state index in [1.165, 1.54) is 88.6 Å². The smallest absolute Gasteiger partial charge is 0.0369 e. The third-order valence-electron chi connectivity index (χ3n) is 5.40. The predicted octanol–water partition coefficient (Wildman–Crippen LogP) is 9.17. The van der Waals surface area contributed by atoms with Gasteiger partial charge in [0.1, 0.15) is 0 Å². The van der Waals surface area contributed by atoms with Crippen LogP contribution in [0.4, 0.5) is 0 Å². The molecule has 0 fully saturated rings. The summed E-state index contributed by atoms with van der Waals surface area (Å²) < 4.78 is 5.77. The molecular formula is C24H24S3. The van der Waals surface area contributed by atoms with Crippen molar-refractivity contribution in [1.82, 2.24) is 0 Å². The largest absolute Gasteiger partial charge is 0.140 e. The summed E-state index contributed by atoms with van der Waals surface area (Å²) >= 11 is 5.93. The Balaban J connectivity index is 1.63. The van der Waals surface area contributed by atoms with Crippen LogP contribution < -0.4 is 0 Å². The first kappa shape index (κ1) is 17.7. The molecule has 0 aliphatic rings. The molecule has 3 heterocycles. The van der Waals surface area contributed by atoms with E-state index in [4.69, 9.17) is 0 Å². The van der Waals surface area contributed by atoms with Gasteiger partial charge in [0.25, 0.3) is 0 Å². The lowest BCUT2D eigenvalue weighted by Gasteiger charge is -1.94. The number of aryl methyl sites for hydroxylation is 2. The van der Waals surface area contributed by atoms with Gasteiger partial charge in [-0.15, -0.1) is 34.0 Å². The summed E-state index contributed by atoms with van der Waals surface area (Å²) in [7, 11) is 0. The van der Waals surface area contributed by atoms with E-state index < -0.39 is 0 Å². The monoisotopic (exact) mass is 408 g/mol. The number of fused-ring (bicyclic) bond motifs is 5. The zero-order chi connectivity index (χ0) is 18.4. The van der Waals surface area contributed by atoms with Gasteiger partial charge in [-0.2, -0.15) is 0 Å². The van der Waals surface area contributed by atoms with Gasteiger partial charge in [0.15, 0.2) is 0 Å². The Morgan fingerprint density at radius 2 is 1.04 bits per heavy atom. The maximum atomic E-state index is 2.44. The lowest BCUT2D eigenvalue weighted by Crippen LogP contribution is -1.76. The van der Waals surface area contributed by atoms with Crippen LogP contribution in [0.2, 0.25) is 0 Å². The van der Waals surface area contributed by atoms with Crippen LogP contribution in [0.25, 0.3) is 40.3 Å². The number of hydrogen-bond acceptors (Lipinski definition) is 3. The molecule has 27 heavy (non-hydrogen) atoms. The van der Waals surface area contributed by atoms with Gasteiger partial charge in [0.05, 0.1) is 0 Å². The molecule has 0 nitrogen and oxygen atoms in total. The Hall–Kier alpha value is -1.42. The van der Waals surface area contributed by atoms with Gasteiger partial charge in [0, 0.05) is 39.3 Å². The number of benzene rings is 2. The second-order valence-electron chi connectivity index (χ2n) is 7.51. The summed E-state index contributed by atoms with van der Waals surface area (Å²) in [6, 6.07) is 14.6. The fourth-order valence-electron chi connectivity index (χ4n) is 3.90.